The Morgan fingerprint density at radius 3 is 2.14 bits per heavy atom. The molecule has 0 fully saturated rings. The van der Waals surface area contributed by atoms with Gasteiger partial charge in [0, 0.05) is 25.2 Å². The predicted octanol–water partition coefficient (Wildman–Crippen LogP) is 0.622. The van der Waals surface area contributed by atoms with Crippen LogP contribution in [0.3, 0.4) is 0 Å². The largest absolute Gasteiger partial charge is 0.496 e. The van der Waals surface area contributed by atoms with Crippen molar-refractivity contribution in [1.82, 2.24) is 15.5 Å². The molecule has 0 bridgehead atoms. The van der Waals surface area contributed by atoms with Crippen molar-refractivity contribution in [2.75, 3.05) is 48.5 Å². The summed E-state index contributed by atoms with van der Waals surface area (Å²) in [5, 5.41) is 5.94. The van der Waals surface area contributed by atoms with E-state index in [0.29, 0.717) is 13.1 Å². The molecule has 14 heteroatoms. The molecule has 0 saturated heterocycles. The fraction of sp³-hybridized carbons (Fsp3) is 0.318. The molecule has 0 saturated carbocycles. The van der Waals surface area contributed by atoms with E-state index in [9.17, 15) is 19.2 Å². The van der Waals surface area contributed by atoms with Gasteiger partial charge in [0.25, 0.3) is 11.8 Å². The maximum absolute atomic E-state index is 13.4. The molecular weight excluding hydrogens is 496 g/mol. The quantitative estimate of drug-likeness (QED) is 0.497. The number of hydrogen-bond acceptors (Lipinski definition) is 11. The van der Waals surface area contributed by atoms with Crippen molar-refractivity contribution in [3.05, 3.63) is 41.0 Å². The van der Waals surface area contributed by atoms with Crippen LogP contribution in [0.25, 0.3) is 0 Å². The molecule has 2 amide bonds. The van der Waals surface area contributed by atoms with Gasteiger partial charge in [-0.1, -0.05) is 0 Å². The van der Waals surface area contributed by atoms with Crippen LogP contribution in [0.2, 0.25) is 0 Å². The topological polar surface area (TPSA) is 154 Å². The highest BCUT2D eigenvalue weighted by atomic mass is 32.3. The molecule has 2 heterocycles. The van der Waals surface area contributed by atoms with Crippen molar-refractivity contribution >= 4 is 39.5 Å². The summed E-state index contributed by atoms with van der Waals surface area (Å²) in [6.45, 7) is 0.843. The van der Waals surface area contributed by atoms with Crippen LogP contribution in [0.1, 0.15) is 10.4 Å². The summed E-state index contributed by atoms with van der Waals surface area (Å²) < 4.78 is 26.7. The number of nitrogens with one attached hydrogen (secondary N) is 2. The summed E-state index contributed by atoms with van der Waals surface area (Å²) in [5.41, 5.74) is -0.268. The number of amidine groups is 1. The van der Waals surface area contributed by atoms with Crippen LogP contribution in [0.5, 0.6) is 17.2 Å². The van der Waals surface area contributed by atoms with E-state index >= 15 is 0 Å². The third-order valence-electron chi connectivity index (χ3n) is 4.78. The number of rotatable bonds is 8. The number of aliphatic imine (C=N–C) groups is 1. The van der Waals surface area contributed by atoms with Gasteiger partial charge in [-0.25, -0.2) is 14.6 Å². The number of ether oxygens (including phenoxy) is 3. The lowest BCUT2D eigenvalue weighted by Gasteiger charge is -2.34. The van der Waals surface area contributed by atoms with Crippen LogP contribution in [0, 0.1) is 0 Å². The Bertz CT molecular complexity index is 1160. The van der Waals surface area contributed by atoms with E-state index < -0.39 is 34.3 Å². The molecule has 194 valence electrons. The molecule has 1 aromatic carbocycles. The second-order valence-corrected chi connectivity index (χ2v) is 9.54. The summed E-state index contributed by atoms with van der Waals surface area (Å²) in [6.07, 6.45) is 1.75. The number of carbonyl (C=O) groups is 4. The first kappa shape index (κ1) is 26.6. The number of amides is 2. The zero-order chi connectivity index (χ0) is 26.5. The molecule has 1 spiro atoms. The third kappa shape index (κ3) is 5.60. The molecule has 2 aliphatic heterocycles. The third-order valence-corrected chi connectivity index (χ3v) is 6.87. The highest BCUT2D eigenvalue weighted by Gasteiger charge is 2.42. The molecule has 0 aromatic heterocycles. The lowest BCUT2D eigenvalue weighted by atomic mass is 10.1. The lowest BCUT2D eigenvalue weighted by molar-refractivity contribution is -0.129. The zero-order valence-corrected chi connectivity index (χ0v) is 21.1. The molecule has 2 N–H and O–H groups in total. The Labute approximate surface area is 208 Å². The van der Waals surface area contributed by atoms with E-state index in [1.807, 2.05) is 19.0 Å². The van der Waals surface area contributed by atoms with Crippen LogP contribution in [0.15, 0.2) is 40.4 Å². The van der Waals surface area contributed by atoms with Crippen LogP contribution >= 0.6 is 10.6 Å². The first-order valence-corrected chi connectivity index (χ1v) is 12.0. The second kappa shape index (κ2) is 11.1. The smallest absolute Gasteiger partial charge is 0.354 e. The van der Waals surface area contributed by atoms with Crippen LogP contribution < -0.4 is 24.8 Å². The van der Waals surface area contributed by atoms with Gasteiger partial charge in [0.1, 0.15) is 17.0 Å². The molecule has 13 nitrogen and oxygen atoms in total. The van der Waals surface area contributed by atoms with E-state index in [0.717, 1.165) is 17.6 Å². The minimum atomic E-state index is -3.42. The Balaban J connectivity index is 2.00. The summed E-state index contributed by atoms with van der Waals surface area (Å²) in [7, 11) is 4.35. The monoisotopic (exact) mass is 522 g/mol. The summed E-state index contributed by atoms with van der Waals surface area (Å²) in [5.74, 6) is -2.81. The molecule has 0 radical (unpaired) electrons. The van der Waals surface area contributed by atoms with Gasteiger partial charge in [0.2, 0.25) is 5.17 Å². The second-order valence-electron chi connectivity index (χ2n) is 7.49. The van der Waals surface area contributed by atoms with Gasteiger partial charge in [-0.15, -0.1) is 0 Å². The van der Waals surface area contributed by atoms with E-state index in [1.165, 1.54) is 27.4 Å². The molecule has 3 rings (SSSR count). The Kier molecular flexibility index (Phi) is 8.22. The summed E-state index contributed by atoms with van der Waals surface area (Å²) in [4.78, 5) is 56.6. The van der Waals surface area contributed by atoms with Crippen molar-refractivity contribution in [1.29, 1.82) is 0 Å². The fourth-order valence-electron chi connectivity index (χ4n) is 3.12. The van der Waals surface area contributed by atoms with Crippen LogP contribution in [0.4, 0.5) is 0 Å². The average molecular weight is 523 g/mol. The Morgan fingerprint density at radius 1 is 0.972 bits per heavy atom. The maximum Gasteiger partial charge on any atom is 0.354 e. The Morgan fingerprint density at radius 2 is 1.58 bits per heavy atom. The maximum atomic E-state index is 13.4. The van der Waals surface area contributed by atoms with Gasteiger partial charge in [-0.05, 0) is 36.8 Å². The number of methoxy groups -OCH3 is 3. The number of likely N-dealkylation sites (N-methyl/N-ethyl adjacent to an activating group) is 1. The summed E-state index contributed by atoms with van der Waals surface area (Å²) in [6, 6.07) is 3.04. The highest BCUT2D eigenvalue weighted by Crippen LogP contribution is 2.58. The van der Waals surface area contributed by atoms with Crippen molar-refractivity contribution in [3.63, 3.8) is 0 Å². The van der Waals surface area contributed by atoms with Crippen molar-refractivity contribution in [2.45, 2.75) is 0 Å². The molecule has 0 atom stereocenters. The molecule has 36 heavy (non-hydrogen) atoms. The van der Waals surface area contributed by atoms with Gasteiger partial charge < -0.3 is 32.8 Å². The standard InChI is InChI=1S/C22H26N4O9S/c1-26(2)11-10-23-20(29)13-12-36(34-16(27)8-9-17(28)35-36)22(24-13)25-21(30)18-14(31-3)6-7-15(32-4)19(18)33-5/h6-9,12H,10-11H2,1-5H3,(H,23,29)(H,24,25,30). The van der Waals surface area contributed by atoms with Crippen molar-refractivity contribution < 1.29 is 41.8 Å². The van der Waals surface area contributed by atoms with Crippen molar-refractivity contribution in [3.8, 4) is 17.2 Å². The Hall–Kier alpha value is -4.04. The minimum absolute atomic E-state index is 0.0585. The number of carbonyl (C=O) groups excluding carboxylic acids is 4. The first-order chi connectivity index (χ1) is 17.1. The zero-order valence-electron chi connectivity index (χ0n) is 20.3. The molecular formula is C22H26N4O9S. The SMILES string of the molecule is COc1ccc(OC)c(C(=O)NC2=NC(C(=O)NCCN(C)C)=CS23OC(=O)C=CC(=O)O3)c1OC. The van der Waals surface area contributed by atoms with Crippen molar-refractivity contribution in [2.24, 2.45) is 4.99 Å². The van der Waals surface area contributed by atoms with Crippen LogP contribution in [-0.4, -0.2) is 82.3 Å². The number of benzene rings is 1. The number of hydrogen-bond donors (Lipinski definition) is 2. The predicted molar refractivity (Wildman–Crippen MR) is 130 cm³/mol. The van der Waals surface area contributed by atoms with E-state index in [-0.39, 0.29) is 33.7 Å². The van der Waals surface area contributed by atoms with E-state index in [1.54, 1.807) is 6.07 Å². The van der Waals surface area contributed by atoms with Gasteiger partial charge in [0.15, 0.2) is 11.5 Å². The molecule has 2 aliphatic rings. The lowest BCUT2D eigenvalue weighted by Crippen LogP contribution is -2.35. The highest BCUT2D eigenvalue weighted by molar-refractivity contribution is 8.41. The molecule has 0 aliphatic carbocycles. The fourth-order valence-corrected chi connectivity index (χ4v) is 5.04. The normalized spacial score (nSPS) is 16.8. The number of nitrogens with zero attached hydrogens (tertiary/aromatic N) is 2. The van der Waals surface area contributed by atoms with Gasteiger partial charge in [-0.2, -0.15) is 0 Å². The minimum Gasteiger partial charge on any atom is -0.496 e. The average Bonchev–Trinajstić information content (AvgIpc) is 3.09. The first-order valence-electron chi connectivity index (χ1n) is 10.5. The molecule has 0 unspecified atom stereocenters. The van der Waals surface area contributed by atoms with E-state index in [2.05, 4.69) is 15.6 Å². The molecule has 1 aromatic rings. The summed E-state index contributed by atoms with van der Waals surface area (Å²) >= 11 is 0. The van der Waals surface area contributed by atoms with Crippen LogP contribution in [-0.2, 0) is 22.7 Å². The van der Waals surface area contributed by atoms with Gasteiger partial charge >= 0.3 is 11.9 Å². The van der Waals surface area contributed by atoms with E-state index in [4.69, 9.17) is 22.6 Å². The van der Waals surface area contributed by atoms with Gasteiger partial charge in [-0.3, -0.25) is 14.9 Å². The van der Waals surface area contributed by atoms with Gasteiger partial charge in [0.05, 0.1) is 26.7 Å².